The smallest absolute Gasteiger partial charge is 0.289 e. The number of benzene rings is 2. The number of ether oxygens (including phenoxy) is 1. The first-order chi connectivity index (χ1) is 14.9. The first kappa shape index (κ1) is 21.3. The number of amides is 1. The minimum Gasteiger partial charge on any atom is -0.495 e. The third-order valence-corrected chi connectivity index (χ3v) is 7.07. The van der Waals surface area contributed by atoms with Gasteiger partial charge in [0, 0.05) is 31.2 Å². The molecule has 7 nitrogen and oxygen atoms in total. The number of piperazine rings is 1. The zero-order valence-electron chi connectivity index (χ0n) is 16.8. The van der Waals surface area contributed by atoms with Gasteiger partial charge in [-0.2, -0.15) is 0 Å². The van der Waals surface area contributed by atoms with Crippen molar-refractivity contribution >= 4 is 33.0 Å². The number of sulfone groups is 1. The Morgan fingerprint density at radius 1 is 0.968 bits per heavy atom. The minimum absolute atomic E-state index is 0.00159. The summed E-state index contributed by atoms with van der Waals surface area (Å²) in [6, 6.07) is 16.2. The topological polar surface area (TPSA) is 80.1 Å². The first-order valence-electron chi connectivity index (χ1n) is 9.68. The van der Waals surface area contributed by atoms with Gasteiger partial charge >= 0.3 is 0 Å². The van der Waals surface area contributed by atoms with Gasteiger partial charge in [-0.1, -0.05) is 23.7 Å². The number of nitrogens with zero attached hydrogens (tertiary/aromatic N) is 2. The zero-order valence-corrected chi connectivity index (χ0v) is 18.4. The monoisotopic (exact) mass is 460 g/mol. The van der Waals surface area contributed by atoms with Crippen LogP contribution in [0.25, 0.3) is 0 Å². The summed E-state index contributed by atoms with van der Waals surface area (Å²) in [6.07, 6.45) is 0. The molecule has 2 heterocycles. The highest BCUT2D eigenvalue weighted by Crippen LogP contribution is 2.29. The minimum atomic E-state index is -3.87. The number of carbonyl (C=O) groups is 1. The van der Waals surface area contributed by atoms with Gasteiger partial charge in [-0.3, -0.25) is 4.79 Å². The summed E-state index contributed by atoms with van der Waals surface area (Å²) in [5, 5.41) is 0.160. The van der Waals surface area contributed by atoms with Crippen LogP contribution in [0.15, 0.2) is 75.1 Å². The Labute approximate surface area is 185 Å². The predicted octanol–water partition coefficient (Wildman–Crippen LogP) is 3.74. The summed E-state index contributed by atoms with van der Waals surface area (Å²) in [5.74, 6) is 0.445. The van der Waals surface area contributed by atoms with Crippen molar-refractivity contribution < 1.29 is 22.4 Å². The van der Waals surface area contributed by atoms with E-state index in [2.05, 4.69) is 4.90 Å². The highest BCUT2D eigenvalue weighted by atomic mass is 35.5. The van der Waals surface area contributed by atoms with Crippen LogP contribution in [-0.4, -0.2) is 52.5 Å². The average molecular weight is 461 g/mol. The van der Waals surface area contributed by atoms with Crippen LogP contribution in [-0.2, 0) is 9.84 Å². The van der Waals surface area contributed by atoms with Crippen LogP contribution >= 0.6 is 11.6 Å². The largest absolute Gasteiger partial charge is 0.495 e. The fourth-order valence-electron chi connectivity index (χ4n) is 3.51. The molecule has 1 aliphatic heterocycles. The van der Waals surface area contributed by atoms with Gasteiger partial charge in [-0.25, -0.2) is 8.42 Å². The Bertz CT molecular complexity index is 1180. The van der Waals surface area contributed by atoms with Gasteiger partial charge in [0.15, 0.2) is 5.76 Å². The van der Waals surface area contributed by atoms with Crippen molar-refractivity contribution in [2.45, 2.75) is 9.99 Å². The van der Waals surface area contributed by atoms with Crippen LogP contribution in [0, 0.1) is 0 Å². The summed E-state index contributed by atoms with van der Waals surface area (Å²) in [5.41, 5.74) is 0.978. The third kappa shape index (κ3) is 4.26. The molecule has 0 radical (unpaired) electrons. The number of hydrogen-bond donors (Lipinski definition) is 0. The van der Waals surface area contributed by atoms with Gasteiger partial charge in [0.25, 0.3) is 5.91 Å². The number of rotatable bonds is 5. The van der Waals surface area contributed by atoms with E-state index in [1.807, 2.05) is 24.3 Å². The van der Waals surface area contributed by atoms with E-state index >= 15 is 0 Å². The predicted molar refractivity (Wildman–Crippen MR) is 117 cm³/mol. The molecule has 9 heteroatoms. The Morgan fingerprint density at radius 2 is 1.65 bits per heavy atom. The third-order valence-electron chi connectivity index (χ3n) is 5.17. The lowest BCUT2D eigenvalue weighted by atomic mass is 10.2. The second-order valence-electron chi connectivity index (χ2n) is 7.03. The van der Waals surface area contributed by atoms with E-state index in [9.17, 15) is 13.2 Å². The lowest BCUT2D eigenvalue weighted by Gasteiger charge is -2.36. The molecule has 0 spiro atoms. The van der Waals surface area contributed by atoms with E-state index in [4.69, 9.17) is 20.8 Å². The number of para-hydroxylation sites is 2. The fraction of sp³-hybridized carbons (Fsp3) is 0.227. The summed E-state index contributed by atoms with van der Waals surface area (Å²) in [7, 11) is -2.24. The normalized spacial score (nSPS) is 14.5. The Morgan fingerprint density at radius 3 is 2.32 bits per heavy atom. The van der Waals surface area contributed by atoms with Gasteiger partial charge in [0.05, 0.1) is 17.7 Å². The molecular weight excluding hydrogens is 440 g/mol. The van der Waals surface area contributed by atoms with E-state index in [0.717, 1.165) is 11.4 Å². The molecule has 0 bridgehead atoms. The molecule has 0 aliphatic carbocycles. The van der Waals surface area contributed by atoms with Crippen molar-refractivity contribution in [1.29, 1.82) is 0 Å². The average Bonchev–Trinajstić information content (AvgIpc) is 3.30. The summed E-state index contributed by atoms with van der Waals surface area (Å²) in [6.45, 7) is 2.22. The van der Waals surface area contributed by atoms with Crippen LogP contribution in [0.1, 0.15) is 10.6 Å². The molecule has 3 aromatic rings. The number of furan rings is 1. The number of halogens is 1. The SMILES string of the molecule is COc1ccccc1N1CCN(C(=O)c2ccc(S(=O)(=O)c3ccc(Cl)cc3)o2)CC1. The second kappa shape index (κ2) is 8.64. The van der Waals surface area contributed by atoms with Crippen molar-refractivity contribution in [3.05, 3.63) is 71.4 Å². The van der Waals surface area contributed by atoms with Gasteiger partial charge in [-0.05, 0) is 48.5 Å². The lowest BCUT2D eigenvalue weighted by Crippen LogP contribution is -2.48. The van der Waals surface area contributed by atoms with E-state index in [-0.39, 0.29) is 21.7 Å². The molecule has 0 atom stereocenters. The van der Waals surface area contributed by atoms with Crippen LogP contribution in [0.2, 0.25) is 5.02 Å². The van der Waals surface area contributed by atoms with Crippen molar-refractivity contribution in [3.63, 3.8) is 0 Å². The van der Waals surface area contributed by atoms with Gasteiger partial charge in [0.1, 0.15) is 5.75 Å². The molecule has 2 aromatic carbocycles. The lowest BCUT2D eigenvalue weighted by molar-refractivity contribution is 0.0709. The highest BCUT2D eigenvalue weighted by Gasteiger charge is 2.28. The molecular formula is C22H21ClN2O5S. The molecule has 4 rings (SSSR count). The summed E-state index contributed by atoms with van der Waals surface area (Å²) in [4.78, 5) is 16.7. The standard InChI is InChI=1S/C22H21ClN2O5S/c1-29-19-5-3-2-4-18(19)24-12-14-25(15-13-24)22(26)20-10-11-21(30-20)31(27,28)17-8-6-16(23)7-9-17/h2-11H,12-15H2,1H3. The Kier molecular flexibility index (Phi) is 5.93. The van der Waals surface area contributed by atoms with Crippen molar-refractivity contribution in [3.8, 4) is 5.75 Å². The fourth-order valence-corrected chi connectivity index (χ4v) is 4.81. The van der Waals surface area contributed by atoms with Gasteiger partial charge in [-0.15, -0.1) is 0 Å². The van der Waals surface area contributed by atoms with Crippen LogP contribution in [0.5, 0.6) is 5.75 Å². The molecule has 0 saturated carbocycles. The van der Waals surface area contributed by atoms with Crippen molar-refractivity contribution in [2.75, 3.05) is 38.2 Å². The number of hydrogen-bond acceptors (Lipinski definition) is 6. The Hall–Kier alpha value is -2.97. The molecule has 31 heavy (non-hydrogen) atoms. The summed E-state index contributed by atoms with van der Waals surface area (Å²) < 4.78 is 36.3. The van der Waals surface area contributed by atoms with Crippen molar-refractivity contribution in [2.24, 2.45) is 0 Å². The molecule has 1 aromatic heterocycles. The van der Waals surface area contributed by atoms with Crippen LogP contribution < -0.4 is 9.64 Å². The zero-order chi connectivity index (χ0) is 22.0. The van der Waals surface area contributed by atoms with Gasteiger partial charge < -0.3 is 19.0 Å². The van der Waals surface area contributed by atoms with Crippen molar-refractivity contribution in [1.82, 2.24) is 4.90 Å². The van der Waals surface area contributed by atoms with E-state index < -0.39 is 9.84 Å². The highest BCUT2D eigenvalue weighted by molar-refractivity contribution is 7.91. The quantitative estimate of drug-likeness (QED) is 0.577. The molecule has 0 unspecified atom stereocenters. The van der Waals surface area contributed by atoms with E-state index in [1.165, 1.54) is 36.4 Å². The molecule has 1 amide bonds. The number of methoxy groups -OCH3 is 1. The van der Waals surface area contributed by atoms with Crippen LogP contribution in [0.3, 0.4) is 0 Å². The first-order valence-corrected chi connectivity index (χ1v) is 11.5. The maximum absolute atomic E-state index is 12.9. The molecule has 1 fully saturated rings. The number of carbonyl (C=O) groups excluding carboxylic acids is 1. The second-order valence-corrected chi connectivity index (χ2v) is 9.34. The molecule has 162 valence electrons. The van der Waals surface area contributed by atoms with E-state index in [1.54, 1.807) is 12.0 Å². The number of anilines is 1. The van der Waals surface area contributed by atoms with Gasteiger partial charge in [0.2, 0.25) is 14.9 Å². The Balaban J connectivity index is 1.46. The molecule has 0 N–H and O–H groups in total. The summed E-state index contributed by atoms with van der Waals surface area (Å²) >= 11 is 5.83. The molecule has 1 aliphatic rings. The maximum Gasteiger partial charge on any atom is 0.289 e. The maximum atomic E-state index is 12.9. The van der Waals surface area contributed by atoms with Crippen LogP contribution in [0.4, 0.5) is 5.69 Å². The van der Waals surface area contributed by atoms with E-state index in [0.29, 0.717) is 31.2 Å². The molecule has 1 saturated heterocycles.